The number of hydrogen-bond acceptors (Lipinski definition) is 3. The molecule has 1 aromatic rings. The first kappa shape index (κ1) is 11.1. The first-order chi connectivity index (χ1) is 6.77. The number of nitrogens with two attached hydrogens (primary N) is 1. The minimum atomic E-state index is 0.315. The number of hydrogen-bond donors (Lipinski definition) is 2. The maximum Gasteiger partial charge on any atom is 0.0419 e. The van der Waals surface area contributed by atoms with Crippen molar-refractivity contribution >= 4 is 0 Å². The minimum Gasteiger partial charge on any atom is -0.271 e. The molecule has 1 heterocycles. The summed E-state index contributed by atoms with van der Waals surface area (Å²) in [5.74, 6) is 6.09. The van der Waals surface area contributed by atoms with Crippen LogP contribution in [0, 0.1) is 5.92 Å². The van der Waals surface area contributed by atoms with Gasteiger partial charge in [0.2, 0.25) is 0 Å². The van der Waals surface area contributed by atoms with Crippen LogP contribution < -0.4 is 11.3 Å². The van der Waals surface area contributed by atoms with Gasteiger partial charge in [0.15, 0.2) is 0 Å². The predicted molar refractivity (Wildman–Crippen MR) is 58.5 cm³/mol. The summed E-state index contributed by atoms with van der Waals surface area (Å²) in [6.45, 7) is 4.38. The Labute approximate surface area is 85.7 Å². The Hall–Kier alpha value is -0.930. The van der Waals surface area contributed by atoms with Crippen molar-refractivity contribution in [3.63, 3.8) is 0 Å². The van der Waals surface area contributed by atoms with Gasteiger partial charge in [0.1, 0.15) is 0 Å². The second-order valence-electron chi connectivity index (χ2n) is 3.68. The lowest BCUT2D eigenvalue weighted by Crippen LogP contribution is -2.41. The summed E-state index contributed by atoms with van der Waals surface area (Å²) in [7, 11) is 0. The summed E-state index contributed by atoms with van der Waals surface area (Å²) in [4.78, 5) is 4.29. The van der Waals surface area contributed by atoms with E-state index in [0.29, 0.717) is 12.0 Å². The van der Waals surface area contributed by atoms with Gasteiger partial charge >= 0.3 is 0 Å². The molecule has 78 valence electrons. The zero-order chi connectivity index (χ0) is 10.4. The van der Waals surface area contributed by atoms with Gasteiger partial charge in [-0.3, -0.25) is 16.3 Å². The van der Waals surface area contributed by atoms with E-state index in [1.165, 1.54) is 0 Å². The molecule has 14 heavy (non-hydrogen) atoms. The quantitative estimate of drug-likeness (QED) is 0.550. The van der Waals surface area contributed by atoms with E-state index in [1.54, 1.807) is 0 Å². The van der Waals surface area contributed by atoms with Crippen LogP contribution in [0.15, 0.2) is 24.4 Å². The van der Waals surface area contributed by atoms with E-state index in [2.05, 4.69) is 24.3 Å². The summed E-state index contributed by atoms with van der Waals surface area (Å²) >= 11 is 0. The van der Waals surface area contributed by atoms with Crippen LogP contribution in [0.25, 0.3) is 0 Å². The second-order valence-corrected chi connectivity index (χ2v) is 3.68. The van der Waals surface area contributed by atoms with Crippen molar-refractivity contribution in [2.45, 2.75) is 32.7 Å². The molecule has 0 aliphatic carbocycles. The number of nitrogens with zero attached hydrogens (tertiary/aromatic N) is 1. The number of hydrazine groups is 1. The Balaban J connectivity index is 2.57. The Morgan fingerprint density at radius 1 is 1.50 bits per heavy atom. The molecule has 3 N–H and O–H groups in total. The Bertz CT molecular complexity index is 248. The normalized spacial score (nSPS) is 15.1. The maximum absolute atomic E-state index is 5.52. The fraction of sp³-hybridized carbons (Fsp3) is 0.545. The van der Waals surface area contributed by atoms with Gasteiger partial charge in [0.25, 0.3) is 0 Å². The molecule has 0 aromatic carbocycles. The largest absolute Gasteiger partial charge is 0.271 e. The molecular formula is C11H19N3. The van der Waals surface area contributed by atoms with Gasteiger partial charge < -0.3 is 0 Å². The highest BCUT2D eigenvalue weighted by Gasteiger charge is 2.14. The number of pyridine rings is 1. The Kier molecular flexibility index (Phi) is 4.56. The van der Waals surface area contributed by atoms with Crippen LogP contribution in [-0.4, -0.2) is 11.0 Å². The Morgan fingerprint density at radius 2 is 2.29 bits per heavy atom. The fourth-order valence-corrected chi connectivity index (χ4v) is 1.45. The van der Waals surface area contributed by atoms with Crippen LogP contribution in [0.5, 0.6) is 0 Å². The van der Waals surface area contributed by atoms with Gasteiger partial charge in [-0.1, -0.05) is 26.3 Å². The molecule has 0 aliphatic rings. The fourth-order valence-electron chi connectivity index (χ4n) is 1.45. The van der Waals surface area contributed by atoms with E-state index >= 15 is 0 Å². The molecule has 3 heteroatoms. The molecule has 2 unspecified atom stereocenters. The van der Waals surface area contributed by atoms with Crippen LogP contribution >= 0.6 is 0 Å². The van der Waals surface area contributed by atoms with Crippen molar-refractivity contribution in [2.75, 3.05) is 0 Å². The molecule has 3 nitrogen and oxygen atoms in total. The van der Waals surface area contributed by atoms with Crippen molar-refractivity contribution in [1.82, 2.24) is 10.4 Å². The summed E-state index contributed by atoms with van der Waals surface area (Å²) in [6.07, 6.45) is 3.84. The second kappa shape index (κ2) is 5.73. The monoisotopic (exact) mass is 193 g/mol. The molecule has 0 spiro atoms. The SMILES string of the molecule is CCC(C)C(Cc1ccccn1)NN. The Morgan fingerprint density at radius 3 is 2.79 bits per heavy atom. The molecule has 0 radical (unpaired) electrons. The molecule has 1 aromatic heterocycles. The average molecular weight is 193 g/mol. The van der Waals surface area contributed by atoms with Crippen molar-refractivity contribution in [2.24, 2.45) is 11.8 Å². The minimum absolute atomic E-state index is 0.315. The molecule has 1 rings (SSSR count). The van der Waals surface area contributed by atoms with Gasteiger partial charge in [-0.25, -0.2) is 0 Å². The van der Waals surface area contributed by atoms with E-state index in [-0.39, 0.29) is 0 Å². The molecule has 0 saturated heterocycles. The van der Waals surface area contributed by atoms with Gasteiger partial charge in [-0.15, -0.1) is 0 Å². The van der Waals surface area contributed by atoms with E-state index in [4.69, 9.17) is 5.84 Å². The summed E-state index contributed by atoms with van der Waals surface area (Å²) < 4.78 is 0. The maximum atomic E-state index is 5.52. The lowest BCUT2D eigenvalue weighted by molar-refractivity contribution is 0.367. The lowest BCUT2D eigenvalue weighted by atomic mass is 9.95. The summed E-state index contributed by atoms with van der Waals surface area (Å²) in [5, 5.41) is 0. The summed E-state index contributed by atoms with van der Waals surface area (Å²) in [6, 6.07) is 6.28. The molecule has 0 saturated carbocycles. The van der Waals surface area contributed by atoms with Crippen molar-refractivity contribution < 1.29 is 0 Å². The first-order valence-electron chi connectivity index (χ1n) is 5.14. The van der Waals surface area contributed by atoms with Crippen molar-refractivity contribution in [3.8, 4) is 0 Å². The number of aromatic nitrogens is 1. The van der Waals surface area contributed by atoms with Crippen LogP contribution in [-0.2, 0) is 6.42 Å². The third kappa shape index (κ3) is 3.09. The predicted octanol–water partition coefficient (Wildman–Crippen LogP) is 1.50. The molecule has 2 atom stereocenters. The van der Waals surface area contributed by atoms with Crippen molar-refractivity contribution in [3.05, 3.63) is 30.1 Å². The molecule has 0 bridgehead atoms. The topological polar surface area (TPSA) is 50.9 Å². The molecule has 0 fully saturated rings. The van der Waals surface area contributed by atoms with Gasteiger partial charge in [0.05, 0.1) is 0 Å². The zero-order valence-corrected chi connectivity index (χ0v) is 8.90. The molecule has 0 aliphatic heterocycles. The van der Waals surface area contributed by atoms with Crippen LogP contribution in [0.2, 0.25) is 0 Å². The third-order valence-electron chi connectivity index (χ3n) is 2.70. The number of nitrogens with one attached hydrogen (secondary N) is 1. The molecular weight excluding hydrogens is 174 g/mol. The number of rotatable bonds is 5. The van der Waals surface area contributed by atoms with E-state index in [0.717, 1.165) is 18.5 Å². The third-order valence-corrected chi connectivity index (χ3v) is 2.70. The van der Waals surface area contributed by atoms with E-state index in [9.17, 15) is 0 Å². The van der Waals surface area contributed by atoms with Gasteiger partial charge in [0, 0.05) is 24.4 Å². The highest BCUT2D eigenvalue weighted by Crippen LogP contribution is 2.11. The average Bonchev–Trinajstić information content (AvgIpc) is 2.26. The van der Waals surface area contributed by atoms with Crippen molar-refractivity contribution in [1.29, 1.82) is 0 Å². The zero-order valence-electron chi connectivity index (χ0n) is 8.90. The van der Waals surface area contributed by atoms with Crippen LogP contribution in [0.3, 0.4) is 0 Å². The van der Waals surface area contributed by atoms with E-state index < -0.39 is 0 Å². The highest BCUT2D eigenvalue weighted by atomic mass is 15.2. The standard InChI is InChI=1S/C11H19N3/c1-3-9(2)11(14-12)8-10-6-4-5-7-13-10/h4-7,9,11,14H,3,8,12H2,1-2H3. The molecule has 0 amide bonds. The van der Waals surface area contributed by atoms with Gasteiger partial charge in [-0.2, -0.15) is 0 Å². The lowest BCUT2D eigenvalue weighted by Gasteiger charge is -2.21. The summed E-state index contributed by atoms with van der Waals surface area (Å²) in [5.41, 5.74) is 3.95. The highest BCUT2D eigenvalue weighted by molar-refractivity contribution is 5.05. The first-order valence-corrected chi connectivity index (χ1v) is 5.14. The van der Waals surface area contributed by atoms with Gasteiger partial charge in [-0.05, 0) is 18.1 Å². The van der Waals surface area contributed by atoms with Crippen LogP contribution in [0.4, 0.5) is 0 Å². The van der Waals surface area contributed by atoms with Crippen LogP contribution in [0.1, 0.15) is 26.0 Å². The smallest absolute Gasteiger partial charge is 0.0419 e. The van der Waals surface area contributed by atoms with E-state index in [1.807, 2.05) is 24.4 Å².